The van der Waals surface area contributed by atoms with Gasteiger partial charge >= 0.3 is 0 Å². The van der Waals surface area contributed by atoms with Crippen LogP contribution in [0.15, 0.2) is 12.2 Å². The second-order valence-electron chi connectivity index (χ2n) is 3.63. The van der Waals surface area contributed by atoms with E-state index in [1.54, 1.807) is 0 Å². The molecule has 10 heavy (non-hydrogen) atoms. The van der Waals surface area contributed by atoms with E-state index in [0.717, 1.165) is 5.92 Å². The molecule has 0 fully saturated rings. The van der Waals surface area contributed by atoms with Gasteiger partial charge < -0.3 is 0 Å². The molecule has 0 N–H and O–H groups in total. The Morgan fingerprint density at radius 3 is 2.20 bits per heavy atom. The highest BCUT2D eigenvalue weighted by molar-refractivity contribution is 4.95. The van der Waals surface area contributed by atoms with Gasteiger partial charge in [-0.05, 0) is 18.3 Å². The summed E-state index contributed by atoms with van der Waals surface area (Å²) in [5.41, 5.74) is 0.378. The zero-order valence-electron chi connectivity index (χ0n) is 7.94. The maximum Gasteiger partial charge on any atom is -0.0149 e. The molecule has 0 saturated heterocycles. The molecule has 1 atom stereocenters. The van der Waals surface area contributed by atoms with Crippen LogP contribution in [0.25, 0.3) is 0 Å². The number of rotatable bonds is 3. The third kappa shape index (κ3) is 2.55. The first-order chi connectivity index (χ1) is 4.54. The van der Waals surface area contributed by atoms with E-state index in [-0.39, 0.29) is 0 Å². The molecule has 0 heteroatoms. The first-order valence-electron chi connectivity index (χ1n) is 4.18. The minimum Gasteiger partial charge on any atom is -0.0911 e. The summed E-state index contributed by atoms with van der Waals surface area (Å²) >= 11 is 0. The van der Waals surface area contributed by atoms with Gasteiger partial charge in [-0.2, -0.15) is 0 Å². The molecule has 0 bridgehead atoms. The molecule has 0 aliphatic rings. The molecule has 0 aliphatic carbocycles. The van der Waals surface area contributed by atoms with Crippen LogP contribution >= 0.6 is 0 Å². The van der Waals surface area contributed by atoms with Crippen LogP contribution in [0.3, 0.4) is 0 Å². The van der Waals surface area contributed by atoms with E-state index in [0.29, 0.717) is 5.41 Å². The summed E-state index contributed by atoms with van der Waals surface area (Å²) < 4.78 is 0. The predicted molar refractivity (Wildman–Crippen MR) is 48.1 cm³/mol. The van der Waals surface area contributed by atoms with E-state index >= 15 is 0 Å². The maximum absolute atomic E-state index is 2.31. The molecule has 0 rings (SSSR count). The fraction of sp³-hybridized carbons (Fsp3) is 0.800. The van der Waals surface area contributed by atoms with Crippen molar-refractivity contribution in [1.82, 2.24) is 0 Å². The van der Waals surface area contributed by atoms with Crippen molar-refractivity contribution in [2.45, 2.75) is 41.0 Å². The molecule has 0 heterocycles. The molecule has 1 unspecified atom stereocenters. The lowest BCUT2D eigenvalue weighted by Crippen LogP contribution is -2.17. The summed E-state index contributed by atoms with van der Waals surface area (Å²) in [4.78, 5) is 0. The molecule has 0 aromatic carbocycles. The van der Waals surface area contributed by atoms with Crippen molar-refractivity contribution in [2.24, 2.45) is 11.3 Å². The fourth-order valence-electron chi connectivity index (χ4n) is 1.12. The van der Waals surface area contributed by atoms with Gasteiger partial charge in [0, 0.05) is 0 Å². The molecule has 0 nitrogen and oxygen atoms in total. The molecule has 0 aromatic rings. The Morgan fingerprint density at radius 1 is 1.40 bits per heavy atom. The highest BCUT2D eigenvalue weighted by atomic mass is 14.2. The normalized spacial score (nSPS) is 16.1. The Kier molecular flexibility index (Phi) is 3.70. The highest BCUT2D eigenvalue weighted by Crippen LogP contribution is 2.29. The van der Waals surface area contributed by atoms with Gasteiger partial charge in [-0.1, -0.05) is 46.3 Å². The quantitative estimate of drug-likeness (QED) is 0.525. The molecule has 0 aliphatic heterocycles. The Balaban J connectivity index is 4.09. The summed E-state index contributed by atoms with van der Waals surface area (Å²) in [5.74, 6) is 0.781. The van der Waals surface area contributed by atoms with Crippen molar-refractivity contribution in [3.8, 4) is 0 Å². The van der Waals surface area contributed by atoms with Crippen LogP contribution in [-0.2, 0) is 0 Å². The second-order valence-corrected chi connectivity index (χ2v) is 3.63. The third-order valence-electron chi connectivity index (χ3n) is 2.48. The molecule has 0 spiro atoms. The zero-order valence-corrected chi connectivity index (χ0v) is 7.94. The lowest BCUT2D eigenvalue weighted by Gasteiger charge is -2.27. The molecular formula is C10H20. The SMILES string of the molecule is CC=CC(C)(C)C(C)CC. The molecule has 0 amide bonds. The monoisotopic (exact) mass is 140 g/mol. The summed E-state index contributed by atoms with van der Waals surface area (Å²) in [6.07, 6.45) is 5.70. The van der Waals surface area contributed by atoms with Crippen molar-refractivity contribution >= 4 is 0 Å². The second kappa shape index (κ2) is 3.80. The number of hydrogen-bond donors (Lipinski definition) is 0. The molecule has 0 aromatic heterocycles. The van der Waals surface area contributed by atoms with Crippen LogP contribution in [0, 0.1) is 11.3 Å². The summed E-state index contributed by atoms with van der Waals surface area (Å²) in [7, 11) is 0. The van der Waals surface area contributed by atoms with Crippen molar-refractivity contribution < 1.29 is 0 Å². The van der Waals surface area contributed by atoms with Gasteiger partial charge in [-0.25, -0.2) is 0 Å². The van der Waals surface area contributed by atoms with E-state index in [4.69, 9.17) is 0 Å². The van der Waals surface area contributed by atoms with E-state index in [9.17, 15) is 0 Å². The Hall–Kier alpha value is -0.260. The van der Waals surface area contributed by atoms with Gasteiger partial charge in [-0.15, -0.1) is 0 Å². The van der Waals surface area contributed by atoms with E-state index in [2.05, 4.69) is 46.8 Å². The Bertz CT molecular complexity index is 109. The summed E-state index contributed by atoms with van der Waals surface area (Å²) in [6, 6.07) is 0. The lowest BCUT2D eigenvalue weighted by atomic mass is 9.78. The number of allylic oxidation sites excluding steroid dienone is 2. The standard InChI is InChI=1S/C10H20/c1-6-8-10(4,5)9(3)7-2/h6,8-9H,7H2,1-5H3. The number of hydrogen-bond acceptors (Lipinski definition) is 0. The van der Waals surface area contributed by atoms with Crippen LogP contribution in [0.4, 0.5) is 0 Å². The van der Waals surface area contributed by atoms with Crippen LogP contribution in [0.2, 0.25) is 0 Å². The van der Waals surface area contributed by atoms with Crippen LogP contribution in [-0.4, -0.2) is 0 Å². The van der Waals surface area contributed by atoms with Gasteiger partial charge in [0.1, 0.15) is 0 Å². The van der Waals surface area contributed by atoms with E-state index in [1.165, 1.54) is 6.42 Å². The van der Waals surface area contributed by atoms with Crippen LogP contribution in [0.1, 0.15) is 41.0 Å². The molecule has 0 saturated carbocycles. The van der Waals surface area contributed by atoms with Gasteiger partial charge in [0.05, 0.1) is 0 Å². The van der Waals surface area contributed by atoms with E-state index < -0.39 is 0 Å². The van der Waals surface area contributed by atoms with Gasteiger partial charge in [-0.3, -0.25) is 0 Å². The smallest absolute Gasteiger partial charge is 0.0149 e. The average Bonchev–Trinajstić information content (AvgIpc) is 1.86. The van der Waals surface area contributed by atoms with Crippen LogP contribution < -0.4 is 0 Å². The van der Waals surface area contributed by atoms with Crippen molar-refractivity contribution in [2.75, 3.05) is 0 Å². The third-order valence-corrected chi connectivity index (χ3v) is 2.48. The first-order valence-corrected chi connectivity index (χ1v) is 4.18. The lowest BCUT2D eigenvalue weighted by molar-refractivity contribution is 0.299. The van der Waals surface area contributed by atoms with Crippen molar-refractivity contribution in [1.29, 1.82) is 0 Å². The summed E-state index contributed by atoms with van der Waals surface area (Å²) in [5, 5.41) is 0. The van der Waals surface area contributed by atoms with Crippen molar-refractivity contribution in [3.63, 3.8) is 0 Å². The zero-order chi connectivity index (χ0) is 8.20. The van der Waals surface area contributed by atoms with Crippen molar-refractivity contribution in [3.05, 3.63) is 12.2 Å². The van der Waals surface area contributed by atoms with Gasteiger partial charge in [0.25, 0.3) is 0 Å². The van der Waals surface area contributed by atoms with Crippen LogP contribution in [0.5, 0.6) is 0 Å². The Labute approximate surface area is 65.3 Å². The molecule has 60 valence electrons. The van der Waals surface area contributed by atoms with Gasteiger partial charge in [0.15, 0.2) is 0 Å². The first kappa shape index (κ1) is 9.74. The predicted octanol–water partition coefficient (Wildman–Crippen LogP) is 3.63. The largest absolute Gasteiger partial charge is 0.0911 e. The summed E-state index contributed by atoms with van der Waals surface area (Å²) in [6.45, 7) is 11.2. The Morgan fingerprint density at radius 2 is 1.90 bits per heavy atom. The van der Waals surface area contributed by atoms with E-state index in [1.807, 2.05) is 0 Å². The van der Waals surface area contributed by atoms with Gasteiger partial charge in [0.2, 0.25) is 0 Å². The maximum atomic E-state index is 2.31. The topological polar surface area (TPSA) is 0 Å². The average molecular weight is 140 g/mol. The molecule has 0 radical (unpaired) electrons. The minimum absolute atomic E-state index is 0.378. The fourth-order valence-corrected chi connectivity index (χ4v) is 1.12. The minimum atomic E-state index is 0.378. The molecular weight excluding hydrogens is 120 g/mol. The highest BCUT2D eigenvalue weighted by Gasteiger charge is 2.19.